The number of aliphatic hydroxyl groups excluding tert-OH is 5. The van der Waals surface area contributed by atoms with Gasteiger partial charge in [0.05, 0.1) is 25.4 Å². The third-order valence-corrected chi connectivity index (χ3v) is 6.05. The summed E-state index contributed by atoms with van der Waals surface area (Å²) < 4.78 is 10.6. The second-order valence-electron chi connectivity index (χ2n) is 8.94. The molecule has 0 unspecified atom stereocenters. The fourth-order valence-electron chi connectivity index (χ4n) is 3.81. The summed E-state index contributed by atoms with van der Waals surface area (Å²) in [6.07, 6.45) is 11.1. The van der Waals surface area contributed by atoms with Crippen LogP contribution in [0.2, 0.25) is 0 Å². The van der Waals surface area contributed by atoms with Gasteiger partial charge in [-0.3, -0.25) is 0 Å². The third-order valence-electron chi connectivity index (χ3n) is 6.05. The van der Waals surface area contributed by atoms with E-state index in [1.807, 2.05) is 6.08 Å². The summed E-state index contributed by atoms with van der Waals surface area (Å²) >= 11 is 0. The minimum atomic E-state index is -1.50. The Balaban J connectivity index is 2.10. The summed E-state index contributed by atoms with van der Waals surface area (Å²) in [5, 5.41) is 48.8. The smallest absolute Gasteiger partial charge is 0.186 e. The van der Waals surface area contributed by atoms with E-state index in [4.69, 9.17) is 15.2 Å². The molecule has 0 aliphatic carbocycles. The van der Waals surface area contributed by atoms with Crippen LogP contribution in [0.15, 0.2) is 12.2 Å². The van der Waals surface area contributed by atoms with Crippen LogP contribution < -0.4 is 5.73 Å². The van der Waals surface area contributed by atoms with Crippen LogP contribution >= 0.6 is 0 Å². The molecule has 0 aromatic heterocycles. The van der Waals surface area contributed by atoms with E-state index >= 15 is 0 Å². The lowest BCUT2D eigenvalue weighted by molar-refractivity contribution is -0.302. The van der Waals surface area contributed by atoms with E-state index in [-0.39, 0.29) is 6.61 Å². The Hall–Kier alpha value is -0.580. The summed E-state index contributed by atoms with van der Waals surface area (Å²) in [5.41, 5.74) is 5.93. The fourth-order valence-corrected chi connectivity index (χ4v) is 3.81. The molecule has 0 aromatic rings. The predicted octanol–water partition coefficient (Wildman–Crippen LogP) is 1.75. The molecule has 7 N–H and O–H groups in total. The molecule has 0 saturated carbocycles. The number of allylic oxidation sites excluding steroid dienone is 1. The first-order chi connectivity index (χ1) is 15.4. The number of hydrogen-bond donors (Lipinski definition) is 6. The van der Waals surface area contributed by atoms with Crippen LogP contribution in [-0.2, 0) is 9.47 Å². The van der Waals surface area contributed by atoms with Gasteiger partial charge in [0.2, 0.25) is 0 Å². The Morgan fingerprint density at radius 2 is 1.44 bits per heavy atom. The van der Waals surface area contributed by atoms with Crippen molar-refractivity contribution >= 4 is 0 Å². The van der Waals surface area contributed by atoms with Crippen molar-refractivity contribution < 1.29 is 35.0 Å². The Kier molecular flexibility index (Phi) is 16.4. The van der Waals surface area contributed by atoms with Crippen molar-refractivity contribution in [3.8, 4) is 0 Å². The number of nitrogens with two attached hydrogens (primary N) is 1. The van der Waals surface area contributed by atoms with Crippen molar-refractivity contribution in [2.75, 3.05) is 13.2 Å². The lowest BCUT2D eigenvalue weighted by atomic mass is 10.0. The first-order valence-corrected chi connectivity index (χ1v) is 12.4. The zero-order valence-electron chi connectivity index (χ0n) is 19.7. The molecule has 8 heteroatoms. The summed E-state index contributed by atoms with van der Waals surface area (Å²) in [7, 11) is 0. The molecule has 32 heavy (non-hydrogen) atoms. The number of hydrogen-bond acceptors (Lipinski definition) is 8. The molecule has 8 nitrogen and oxygen atoms in total. The summed E-state index contributed by atoms with van der Waals surface area (Å²) in [6.45, 7) is 1.60. The third kappa shape index (κ3) is 11.5. The van der Waals surface area contributed by atoms with Crippen LogP contribution in [0.5, 0.6) is 0 Å². The number of aliphatic hydroxyl groups is 5. The molecule has 1 saturated heterocycles. The van der Waals surface area contributed by atoms with Crippen LogP contribution in [0.25, 0.3) is 0 Å². The first kappa shape index (κ1) is 29.5. The van der Waals surface area contributed by atoms with Crippen molar-refractivity contribution in [2.24, 2.45) is 5.73 Å². The van der Waals surface area contributed by atoms with E-state index in [1.165, 1.54) is 64.2 Å². The van der Waals surface area contributed by atoms with Gasteiger partial charge in [-0.25, -0.2) is 0 Å². The predicted molar refractivity (Wildman–Crippen MR) is 124 cm³/mol. The maximum Gasteiger partial charge on any atom is 0.186 e. The zero-order valence-corrected chi connectivity index (χ0v) is 19.7. The second-order valence-corrected chi connectivity index (χ2v) is 8.94. The molecule has 1 heterocycles. The van der Waals surface area contributed by atoms with Gasteiger partial charge < -0.3 is 40.7 Å². The highest BCUT2D eigenvalue weighted by Gasteiger charge is 2.44. The summed E-state index contributed by atoms with van der Waals surface area (Å²) in [6, 6.07) is -0.740. The van der Waals surface area contributed by atoms with E-state index in [1.54, 1.807) is 6.08 Å². The van der Waals surface area contributed by atoms with Gasteiger partial charge in [0.25, 0.3) is 0 Å². The van der Waals surface area contributed by atoms with E-state index in [0.717, 1.165) is 12.8 Å². The molecule has 0 aromatic carbocycles. The molecule has 7 atom stereocenters. The molecule has 0 spiro atoms. The van der Waals surface area contributed by atoms with Gasteiger partial charge in [-0.15, -0.1) is 0 Å². The number of unbranched alkanes of at least 4 members (excludes halogenated alkanes) is 11. The molecule has 0 amide bonds. The van der Waals surface area contributed by atoms with Crippen molar-refractivity contribution in [3.05, 3.63) is 12.2 Å². The maximum absolute atomic E-state index is 10.2. The van der Waals surface area contributed by atoms with E-state index in [0.29, 0.717) is 0 Å². The maximum atomic E-state index is 10.2. The van der Waals surface area contributed by atoms with Crippen molar-refractivity contribution in [1.29, 1.82) is 0 Å². The van der Waals surface area contributed by atoms with Gasteiger partial charge in [-0.05, 0) is 12.8 Å². The molecule has 1 aliphatic rings. The second kappa shape index (κ2) is 17.8. The van der Waals surface area contributed by atoms with Gasteiger partial charge in [0.1, 0.15) is 24.4 Å². The summed E-state index contributed by atoms with van der Waals surface area (Å²) in [5.74, 6) is 0. The molecule has 0 radical (unpaired) electrons. The highest BCUT2D eigenvalue weighted by Crippen LogP contribution is 2.22. The highest BCUT2D eigenvalue weighted by atomic mass is 16.9. The molecule has 1 aliphatic heterocycles. The normalized spacial score (nSPS) is 28.3. The molecule has 0 bridgehead atoms. The SMILES string of the molecule is CCCCCCCCCCCCC/C=C/[C@@H](O)[C@@H](N)CO[13C@@H]1O[13C@H]([13CH2]O)[13C@@H](O)[C@H](O)[C@H]1O. The monoisotopic (exact) mass is 465 g/mol. The molecule has 190 valence electrons. The van der Waals surface area contributed by atoms with Crippen LogP contribution in [0, 0.1) is 0 Å². The van der Waals surface area contributed by atoms with Gasteiger partial charge in [0.15, 0.2) is 6.29 Å². The van der Waals surface area contributed by atoms with Crippen molar-refractivity contribution in [3.63, 3.8) is 0 Å². The quantitative estimate of drug-likeness (QED) is 0.102. The van der Waals surface area contributed by atoms with Crippen LogP contribution in [0.1, 0.15) is 84.0 Å². The van der Waals surface area contributed by atoms with Crippen molar-refractivity contribution in [2.45, 2.75) is 127 Å². The van der Waals surface area contributed by atoms with E-state index in [2.05, 4.69) is 6.92 Å². The molecular formula is C24H47NO7. The zero-order chi connectivity index (χ0) is 23.8. The van der Waals surface area contributed by atoms with Crippen LogP contribution in [0.4, 0.5) is 0 Å². The Morgan fingerprint density at radius 1 is 0.875 bits per heavy atom. The standard InChI is InChI=1S/C24H47NO7/c1-2-3-4-5-6-7-8-9-10-11-12-13-14-15-19(27)18(25)17-31-24-23(30)22(29)21(28)20(16-26)32-24/h14-15,18-24,26-30H,2-13,16-17,25H2,1H3/b15-14+/t18-,19+,20+,21+,22-,23+,24+/m0/s1/i16+1,20+1,21+1,24+1. The van der Waals surface area contributed by atoms with Gasteiger partial charge in [0, 0.05) is 0 Å². The summed E-state index contributed by atoms with van der Waals surface area (Å²) in [4.78, 5) is 0. The number of ether oxygens (including phenoxy) is 2. The largest absolute Gasteiger partial charge is 0.394 e. The van der Waals surface area contributed by atoms with Crippen LogP contribution in [0.3, 0.4) is 0 Å². The first-order valence-electron chi connectivity index (χ1n) is 12.4. The van der Waals surface area contributed by atoms with E-state index < -0.39 is 49.5 Å². The Morgan fingerprint density at radius 3 is 2.00 bits per heavy atom. The lowest BCUT2D eigenvalue weighted by Gasteiger charge is -2.39. The average Bonchev–Trinajstić information content (AvgIpc) is 2.79. The minimum Gasteiger partial charge on any atom is -0.394 e. The average molecular weight is 466 g/mol. The lowest BCUT2D eigenvalue weighted by Crippen LogP contribution is -2.59. The minimum absolute atomic E-state index is 0.118. The fraction of sp³-hybridized carbons (Fsp3) is 0.917. The molecule has 1 fully saturated rings. The Bertz CT molecular complexity index is 477. The van der Waals surface area contributed by atoms with Gasteiger partial charge >= 0.3 is 0 Å². The van der Waals surface area contributed by atoms with Gasteiger partial charge in [-0.1, -0.05) is 83.3 Å². The molecular weight excluding hydrogens is 418 g/mol. The topological polar surface area (TPSA) is 146 Å². The van der Waals surface area contributed by atoms with E-state index in [9.17, 15) is 25.5 Å². The highest BCUT2D eigenvalue weighted by molar-refractivity contribution is 4.94. The Labute approximate surface area is 193 Å². The molecule has 1 rings (SSSR count). The van der Waals surface area contributed by atoms with Crippen LogP contribution in [-0.4, -0.2) is 81.6 Å². The number of rotatable bonds is 18. The van der Waals surface area contributed by atoms with Gasteiger partial charge in [-0.2, -0.15) is 0 Å². The van der Waals surface area contributed by atoms with Crippen molar-refractivity contribution in [1.82, 2.24) is 0 Å².